The second-order valence-electron chi connectivity index (χ2n) is 10.7. The maximum Gasteiger partial charge on any atom is 0.161 e. The normalized spacial score (nSPS) is 12.0. The van der Waals surface area contributed by atoms with E-state index in [9.17, 15) is 0 Å². The fourth-order valence-electron chi connectivity index (χ4n) is 4.52. The molecule has 0 spiro atoms. The van der Waals surface area contributed by atoms with Gasteiger partial charge in [-0.1, -0.05) is 147 Å². The van der Waals surface area contributed by atoms with Crippen molar-refractivity contribution < 1.29 is 14.2 Å². The predicted molar refractivity (Wildman–Crippen MR) is 163 cm³/mol. The number of hydrogen-bond donors (Lipinski definition) is 0. The van der Waals surface area contributed by atoms with E-state index in [1.165, 1.54) is 96.3 Å². The lowest BCUT2D eigenvalue weighted by Crippen LogP contribution is -2.26. The van der Waals surface area contributed by atoms with E-state index >= 15 is 0 Å². The molecule has 0 heterocycles. The fourth-order valence-corrected chi connectivity index (χ4v) is 4.52. The fraction of sp³-hybridized carbons (Fsp3) is 0.771. The quantitative estimate of drug-likeness (QED) is 0.0680. The molecule has 0 N–H and O–H groups in total. The summed E-state index contributed by atoms with van der Waals surface area (Å²) < 4.78 is 18.9. The third-order valence-electron chi connectivity index (χ3n) is 6.98. The molecule has 0 aliphatic rings. The number of benzene rings is 1. The maximum atomic E-state index is 6.31. The monoisotopic (exact) mass is 528 g/mol. The molecule has 0 aromatic heterocycles. The smallest absolute Gasteiger partial charge is 0.161 e. The van der Waals surface area contributed by atoms with Crippen molar-refractivity contribution in [3.05, 3.63) is 35.9 Å². The lowest BCUT2D eigenvalue weighted by Gasteiger charge is -2.22. The van der Waals surface area contributed by atoms with Gasteiger partial charge in [-0.25, -0.2) is 0 Å². The molecule has 3 heteroatoms. The summed E-state index contributed by atoms with van der Waals surface area (Å²) in [5.41, 5.74) is 1.03. The van der Waals surface area contributed by atoms with Gasteiger partial charge in [0.1, 0.15) is 6.10 Å². The van der Waals surface area contributed by atoms with Crippen molar-refractivity contribution in [2.75, 3.05) is 19.8 Å². The lowest BCUT2D eigenvalue weighted by molar-refractivity contribution is -0.159. The molecule has 218 valence electrons. The van der Waals surface area contributed by atoms with E-state index in [2.05, 4.69) is 44.7 Å². The molecular formula is C35H60O3. The Bertz CT molecular complexity index is 645. The van der Waals surface area contributed by atoms with Crippen molar-refractivity contribution in [3.8, 4) is 11.8 Å². The van der Waals surface area contributed by atoms with Gasteiger partial charge in [0.15, 0.2) is 6.29 Å². The summed E-state index contributed by atoms with van der Waals surface area (Å²) in [6.45, 7) is 9.05. The van der Waals surface area contributed by atoms with Crippen LogP contribution in [0.1, 0.15) is 148 Å². The van der Waals surface area contributed by atoms with Gasteiger partial charge in [-0.2, -0.15) is 0 Å². The highest BCUT2D eigenvalue weighted by Gasteiger charge is 2.17. The first-order chi connectivity index (χ1) is 18.8. The first kappa shape index (κ1) is 34.7. The highest BCUT2D eigenvalue weighted by atomic mass is 16.7. The summed E-state index contributed by atoms with van der Waals surface area (Å²) in [4.78, 5) is 0. The predicted octanol–water partition coefficient (Wildman–Crippen LogP) is 10.3. The first-order valence-corrected chi connectivity index (χ1v) is 16.2. The van der Waals surface area contributed by atoms with E-state index in [4.69, 9.17) is 14.2 Å². The minimum Gasteiger partial charge on any atom is -0.365 e. The largest absolute Gasteiger partial charge is 0.365 e. The summed E-state index contributed by atoms with van der Waals surface area (Å²) in [5, 5.41) is 0. The molecule has 1 aromatic rings. The van der Waals surface area contributed by atoms with Crippen LogP contribution in [-0.2, 0) is 14.2 Å². The SMILES string of the molecule is CCCCCCCCOC(C#Cc1ccccc1)CC(OCCCCCCCC)OCCCCCCCC. The Hall–Kier alpha value is -1.34. The van der Waals surface area contributed by atoms with Gasteiger partial charge in [-0.15, -0.1) is 0 Å². The molecule has 38 heavy (non-hydrogen) atoms. The van der Waals surface area contributed by atoms with Gasteiger partial charge in [0.25, 0.3) is 0 Å². The van der Waals surface area contributed by atoms with E-state index in [1.54, 1.807) is 0 Å². The van der Waals surface area contributed by atoms with Crippen LogP contribution < -0.4 is 0 Å². The van der Waals surface area contributed by atoms with Gasteiger partial charge >= 0.3 is 0 Å². The zero-order valence-corrected chi connectivity index (χ0v) is 25.3. The molecule has 0 saturated heterocycles. The van der Waals surface area contributed by atoms with Crippen molar-refractivity contribution >= 4 is 0 Å². The molecule has 1 aromatic carbocycles. The van der Waals surface area contributed by atoms with Crippen LogP contribution in [0.4, 0.5) is 0 Å². The van der Waals surface area contributed by atoms with Crippen LogP contribution in [0.15, 0.2) is 30.3 Å². The Morgan fingerprint density at radius 3 is 1.42 bits per heavy atom. The van der Waals surface area contributed by atoms with Crippen LogP contribution >= 0.6 is 0 Å². The van der Waals surface area contributed by atoms with Crippen LogP contribution in [0.2, 0.25) is 0 Å². The van der Waals surface area contributed by atoms with Crippen molar-refractivity contribution in [1.29, 1.82) is 0 Å². The third-order valence-corrected chi connectivity index (χ3v) is 6.98. The van der Waals surface area contributed by atoms with E-state index in [0.29, 0.717) is 6.42 Å². The molecule has 0 aliphatic heterocycles. The highest BCUT2D eigenvalue weighted by molar-refractivity contribution is 5.34. The van der Waals surface area contributed by atoms with E-state index in [-0.39, 0.29) is 12.4 Å². The molecule has 0 aliphatic carbocycles. The lowest BCUT2D eigenvalue weighted by atomic mass is 10.1. The second-order valence-corrected chi connectivity index (χ2v) is 10.7. The van der Waals surface area contributed by atoms with Crippen molar-refractivity contribution in [1.82, 2.24) is 0 Å². The van der Waals surface area contributed by atoms with Crippen molar-refractivity contribution in [2.24, 2.45) is 0 Å². The Morgan fingerprint density at radius 2 is 0.947 bits per heavy atom. The van der Waals surface area contributed by atoms with Crippen LogP contribution in [0, 0.1) is 11.8 Å². The second kappa shape index (κ2) is 27.2. The Morgan fingerprint density at radius 1 is 0.526 bits per heavy atom. The zero-order chi connectivity index (χ0) is 27.4. The average molecular weight is 529 g/mol. The molecule has 1 rings (SSSR count). The maximum absolute atomic E-state index is 6.31. The standard InChI is InChI=1S/C35H60O3/c1-4-7-10-13-16-22-29-36-34(28-27-33-25-20-19-21-26-33)32-35(37-30-23-17-14-11-8-5-2)38-31-24-18-15-12-9-6-3/h19-21,25-26,34-35H,4-18,22-24,29-32H2,1-3H3. The van der Waals surface area contributed by atoms with E-state index in [0.717, 1.165) is 44.6 Å². The zero-order valence-electron chi connectivity index (χ0n) is 25.3. The summed E-state index contributed by atoms with van der Waals surface area (Å²) in [5.74, 6) is 6.72. The van der Waals surface area contributed by atoms with Crippen LogP contribution in [0.3, 0.4) is 0 Å². The van der Waals surface area contributed by atoms with Gasteiger partial charge in [0.05, 0.1) is 0 Å². The Kier molecular flexibility index (Phi) is 24.9. The van der Waals surface area contributed by atoms with E-state index in [1.807, 2.05) is 18.2 Å². The molecule has 1 atom stereocenters. The summed E-state index contributed by atoms with van der Waals surface area (Å²) in [7, 11) is 0. The molecule has 3 nitrogen and oxygen atoms in total. The van der Waals surface area contributed by atoms with Crippen LogP contribution in [0.5, 0.6) is 0 Å². The van der Waals surface area contributed by atoms with Crippen LogP contribution in [0.25, 0.3) is 0 Å². The van der Waals surface area contributed by atoms with Gasteiger partial charge in [0, 0.05) is 31.8 Å². The van der Waals surface area contributed by atoms with Gasteiger partial charge in [-0.3, -0.25) is 0 Å². The summed E-state index contributed by atoms with van der Waals surface area (Å²) >= 11 is 0. The molecular weight excluding hydrogens is 468 g/mol. The first-order valence-electron chi connectivity index (χ1n) is 16.2. The topological polar surface area (TPSA) is 27.7 Å². The third kappa shape index (κ3) is 21.6. The Labute approximate surface area is 236 Å². The average Bonchev–Trinajstić information content (AvgIpc) is 2.94. The molecule has 0 radical (unpaired) electrons. The minimum atomic E-state index is -0.249. The molecule has 1 unspecified atom stereocenters. The van der Waals surface area contributed by atoms with E-state index < -0.39 is 0 Å². The number of rotatable bonds is 26. The Balaban J connectivity index is 2.62. The van der Waals surface area contributed by atoms with Crippen molar-refractivity contribution in [3.63, 3.8) is 0 Å². The van der Waals surface area contributed by atoms with Crippen molar-refractivity contribution in [2.45, 2.75) is 155 Å². The molecule has 0 saturated carbocycles. The molecule has 0 fully saturated rings. The molecule has 0 amide bonds. The summed E-state index contributed by atoms with van der Waals surface area (Å²) in [6.07, 6.45) is 23.0. The molecule has 0 bridgehead atoms. The van der Waals surface area contributed by atoms with Gasteiger partial charge < -0.3 is 14.2 Å². The van der Waals surface area contributed by atoms with Crippen LogP contribution in [-0.4, -0.2) is 32.2 Å². The minimum absolute atomic E-state index is 0.176. The highest BCUT2D eigenvalue weighted by Crippen LogP contribution is 2.14. The number of hydrogen-bond acceptors (Lipinski definition) is 3. The number of ether oxygens (including phenoxy) is 3. The van der Waals surface area contributed by atoms with Gasteiger partial charge in [-0.05, 0) is 31.4 Å². The number of unbranched alkanes of at least 4 members (excludes halogenated alkanes) is 15. The summed E-state index contributed by atoms with van der Waals surface area (Å²) in [6, 6.07) is 10.2. The van der Waals surface area contributed by atoms with Gasteiger partial charge in [0.2, 0.25) is 0 Å².